The number of anilines is 2. The SMILES string of the molecule is CCCOc1ccc(C)cc1-c1ccc(C(=O)NS(=O)(=O)c2cccc(N)n2)c(N2C[C@@H](C)CC2(C)C)n1. The largest absolute Gasteiger partial charge is 0.493 e. The van der Waals surface area contributed by atoms with E-state index >= 15 is 0 Å². The first kappa shape index (κ1) is 27.4. The number of pyridine rings is 2. The van der Waals surface area contributed by atoms with Gasteiger partial charge in [0.1, 0.15) is 17.4 Å². The molecule has 4 rings (SSSR count). The van der Waals surface area contributed by atoms with Crippen molar-refractivity contribution >= 4 is 27.6 Å². The molecule has 1 amide bonds. The second kappa shape index (κ2) is 10.6. The van der Waals surface area contributed by atoms with E-state index in [9.17, 15) is 13.2 Å². The van der Waals surface area contributed by atoms with Crippen LogP contribution >= 0.6 is 0 Å². The number of rotatable bonds is 8. The van der Waals surface area contributed by atoms with Crippen molar-refractivity contribution < 1.29 is 17.9 Å². The summed E-state index contributed by atoms with van der Waals surface area (Å²) < 4.78 is 34.0. The number of sulfonamides is 1. The molecule has 1 saturated heterocycles. The van der Waals surface area contributed by atoms with E-state index in [1.54, 1.807) is 12.1 Å². The number of amides is 1. The lowest BCUT2D eigenvalue weighted by atomic mass is 9.97. The number of nitrogens with zero attached hydrogens (tertiary/aromatic N) is 3. The van der Waals surface area contributed by atoms with Gasteiger partial charge in [0.15, 0.2) is 5.03 Å². The van der Waals surface area contributed by atoms with E-state index in [1.807, 2.05) is 32.0 Å². The van der Waals surface area contributed by atoms with Gasteiger partial charge in [-0.25, -0.2) is 14.7 Å². The zero-order chi connectivity index (χ0) is 27.7. The lowest BCUT2D eigenvalue weighted by Gasteiger charge is -2.34. The topological polar surface area (TPSA) is 128 Å². The highest BCUT2D eigenvalue weighted by molar-refractivity contribution is 7.90. The van der Waals surface area contributed by atoms with Gasteiger partial charge in [-0.15, -0.1) is 0 Å². The van der Waals surface area contributed by atoms with Gasteiger partial charge in [-0.3, -0.25) is 4.79 Å². The first-order chi connectivity index (χ1) is 17.9. The second-order valence-electron chi connectivity index (χ2n) is 10.5. The van der Waals surface area contributed by atoms with Crippen molar-refractivity contribution in [1.29, 1.82) is 0 Å². The summed E-state index contributed by atoms with van der Waals surface area (Å²) in [5.41, 5.74) is 8.03. The number of hydrogen-bond acceptors (Lipinski definition) is 8. The number of nitrogens with one attached hydrogen (secondary N) is 1. The smallest absolute Gasteiger partial charge is 0.281 e. The highest BCUT2D eigenvalue weighted by Gasteiger charge is 2.39. The highest BCUT2D eigenvalue weighted by atomic mass is 32.2. The molecule has 1 atom stereocenters. The minimum atomic E-state index is -4.25. The molecule has 0 saturated carbocycles. The van der Waals surface area contributed by atoms with E-state index in [-0.39, 0.29) is 21.9 Å². The van der Waals surface area contributed by atoms with Crippen molar-refractivity contribution in [3.63, 3.8) is 0 Å². The Hall–Kier alpha value is -3.66. The average Bonchev–Trinajstić information content (AvgIpc) is 3.14. The number of carbonyl (C=O) groups is 1. The van der Waals surface area contributed by atoms with Gasteiger partial charge in [0.25, 0.3) is 15.9 Å². The molecule has 1 aromatic carbocycles. The Balaban J connectivity index is 1.80. The fourth-order valence-corrected chi connectivity index (χ4v) is 5.87. The minimum Gasteiger partial charge on any atom is -0.493 e. The predicted octanol–water partition coefficient (Wildman–Crippen LogP) is 4.57. The fourth-order valence-electron chi connectivity index (χ4n) is 4.93. The molecule has 3 heterocycles. The average molecular weight is 538 g/mol. The molecule has 0 radical (unpaired) electrons. The Morgan fingerprint density at radius 3 is 2.61 bits per heavy atom. The van der Waals surface area contributed by atoms with Gasteiger partial charge < -0.3 is 15.4 Å². The normalized spacial score (nSPS) is 16.9. The van der Waals surface area contributed by atoms with Crippen LogP contribution in [0.1, 0.15) is 56.5 Å². The molecule has 38 heavy (non-hydrogen) atoms. The number of nitrogen functional groups attached to an aromatic ring is 1. The van der Waals surface area contributed by atoms with Crippen molar-refractivity contribution in [3.05, 3.63) is 59.7 Å². The van der Waals surface area contributed by atoms with Gasteiger partial charge in [-0.05, 0) is 75.9 Å². The van der Waals surface area contributed by atoms with Gasteiger partial charge in [-0.2, -0.15) is 8.42 Å². The molecular weight excluding hydrogens is 502 g/mol. The molecule has 0 spiro atoms. The lowest BCUT2D eigenvalue weighted by Crippen LogP contribution is -2.41. The van der Waals surface area contributed by atoms with Crippen LogP contribution in [0.15, 0.2) is 53.6 Å². The molecule has 10 heteroatoms. The van der Waals surface area contributed by atoms with Crippen LogP contribution in [0.2, 0.25) is 0 Å². The van der Waals surface area contributed by atoms with Crippen molar-refractivity contribution in [3.8, 4) is 17.0 Å². The van der Waals surface area contributed by atoms with Gasteiger partial charge in [0.05, 0.1) is 17.9 Å². The number of hydrogen-bond donors (Lipinski definition) is 2. The standard InChI is InChI=1S/C28H35N5O4S/c1-6-14-37-23-13-10-18(2)15-21(23)22-12-11-20(26(30-22)33-17-19(3)16-28(33,4)5)27(34)32-38(35,36)25-9-7-8-24(29)31-25/h7-13,15,19H,6,14,16-17H2,1-5H3,(H2,29,31)(H,32,34)/t19-/m0/s1. The Kier molecular flexibility index (Phi) is 7.64. The summed E-state index contributed by atoms with van der Waals surface area (Å²) in [6, 6.07) is 13.5. The summed E-state index contributed by atoms with van der Waals surface area (Å²) in [5.74, 6) is 0.754. The summed E-state index contributed by atoms with van der Waals surface area (Å²) >= 11 is 0. The van der Waals surface area contributed by atoms with E-state index in [0.29, 0.717) is 36.3 Å². The first-order valence-electron chi connectivity index (χ1n) is 12.7. The zero-order valence-electron chi connectivity index (χ0n) is 22.5. The molecule has 0 unspecified atom stereocenters. The molecule has 3 aromatic rings. The lowest BCUT2D eigenvalue weighted by molar-refractivity contribution is 0.0981. The summed E-state index contributed by atoms with van der Waals surface area (Å²) in [5, 5.41) is -0.329. The van der Waals surface area contributed by atoms with Crippen LogP contribution in [0.4, 0.5) is 11.6 Å². The van der Waals surface area contributed by atoms with E-state index in [0.717, 1.165) is 24.0 Å². The third-order valence-electron chi connectivity index (χ3n) is 6.57. The quantitative estimate of drug-likeness (QED) is 0.428. The Morgan fingerprint density at radius 1 is 1.18 bits per heavy atom. The predicted molar refractivity (Wildman–Crippen MR) is 149 cm³/mol. The number of ether oxygens (including phenoxy) is 1. The van der Waals surface area contributed by atoms with Crippen LogP contribution in [-0.4, -0.2) is 43.0 Å². The fraction of sp³-hybridized carbons (Fsp3) is 0.393. The van der Waals surface area contributed by atoms with E-state index in [2.05, 4.69) is 35.4 Å². The maximum Gasteiger partial charge on any atom is 0.281 e. The number of aromatic nitrogens is 2. The van der Waals surface area contributed by atoms with Crippen LogP contribution in [0.25, 0.3) is 11.3 Å². The molecule has 1 aliphatic heterocycles. The number of carbonyl (C=O) groups excluding carboxylic acids is 1. The first-order valence-corrected chi connectivity index (χ1v) is 14.2. The Bertz CT molecular complexity index is 1460. The van der Waals surface area contributed by atoms with Crippen LogP contribution in [0, 0.1) is 12.8 Å². The van der Waals surface area contributed by atoms with Crippen LogP contribution in [0.5, 0.6) is 5.75 Å². The number of benzene rings is 1. The molecule has 0 bridgehead atoms. The van der Waals surface area contributed by atoms with Gasteiger partial charge in [-0.1, -0.05) is 31.5 Å². The van der Waals surface area contributed by atoms with Crippen molar-refractivity contribution in [2.45, 2.75) is 58.0 Å². The summed E-state index contributed by atoms with van der Waals surface area (Å²) in [6.07, 6.45) is 1.77. The summed E-state index contributed by atoms with van der Waals surface area (Å²) in [7, 11) is -4.25. The molecule has 3 N–H and O–H groups in total. The monoisotopic (exact) mass is 537 g/mol. The van der Waals surface area contributed by atoms with Gasteiger partial charge in [0, 0.05) is 17.6 Å². The maximum absolute atomic E-state index is 13.5. The van der Waals surface area contributed by atoms with Crippen LogP contribution in [-0.2, 0) is 10.0 Å². The zero-order valence-corrected chi connectivity index (χ0v) is 23.3. The van der Waals surface area contributed by atoms with Crippen molar-refractivity contribution in [2.75, 3.05) is 23.8 Å². The van der Waals surface area contributed by atoms with Crippen molar-refractivity contribution in [1.82, 2.24) is 14.7 Å². The summed E-state index contributed by atoms with van der Waals surface area (Å²) in [6.45, 7) is 11.6. The molecule has 1 fully saturated rings. The van der Waals surface area contributed by atoms with E-state index in [1.165, 1.54) is 18.2 Å². The molecule has 0 aliphatic carbocycles. The Morgan fingerprint density at radius 2 is 1.95 bits per heavy atom. The Labute approximate surface area is 224 Å². The number of nitrogens with two attached hydrogens (primary N) is 1. The molecular formula is C28H35N5O4S. The molecule has 9 nitrogen and oxygen atoms in total. The summed E-state index contributed by atoms with van der Waals surface area (Å²) in [4.78, 5) is 24.4. The third kappa shape index (κ3) is 5.75. The second-order valence-corrected chi connectivity index (χ2v) is 12.1. The number of aryl methyl sites for hydroxylation is 1. The van der Waals surface area contributed by atoms with Crippen LogP contribution in [0.3, 0.4) is 0 Å². The highest BCUT2D eigenvalue weighted by Crippen LogP contribution is 2.39. The van der Waals surface area contributed by atoms with Gasteiger partial charge in [0.2, 0.25) is 0 Å². The third-order valence-corrected chi connectivity index (χ3v) is 7.80. The molecule has 202 valence electrons. The van der Waals surface area contributed by atoms with Crippen LogP contribution < -0.4 is 20.1 Å². The van der Waals surface area contributed by atoms with E-state index in [4.69, 9.17) is 15.5 Å². The van der Waals surface area contributed by atoms with Crippen molar-refractivity contribution in [2.24, 2.45) is 5.92 Å². The maximum atomic E-state index is 13.5. The molecule has 1 aliphatic rings. The van der Waals surface area contributed by atoms with Gasteiger partial charge >= 0.3 is 0 Å². The minimum absolute atomic E-state index is 0.0408. The van der Waals surface area contributed by atoms with E-state index < -0.39 is 15.9 Å². The molecule has 2 aromatic heterocycles.